The average molecular weight is 186 g/mol. The van der Waals surface area contributed by atoms with Crippen LogP contribution in [-0.4, -0.2) is 49.1 Å². The Bertz CT molecular complexity index is 127. The Kier molecular flexibility index (Phi) is 5.57. The summed E-state index contributed by atoms with van der Waals surface area (Å²) in [4.78, 5) is 4.79. The van der Waals surface area contributed by atoms with Gasteiger partial charge in [0.2, 0.25) is 0 Å². The second kappa shape index (κ2) is 5.61. The molecule has 0 aliphatic carbocycles. The summed E-state index contributed by atoms with van der Waals surface area (Å²) in [7, 11) is 4.39. The summed E-state index contributed by atoms with van der Waals surface area (Å²) < 4.78 is 0. The lowest BCUT2D eigenvalue weighted by molar-refractivity contribution is 0.154. The van der Waals surface area contributed by atoms with Crippen LogP contribution < -0.4 is 0 Å². The lowest BCUT2D eigenvalue weighted by Crippen LogP contribution is -2.42. The predicted octanol–water partition coefficient (Wildman–Crippen LogP) is 2.06. The first-order valence-electron chi connectivity index (χ1n) is 5.27. The van der Waals surface area contributed by atoms with Gasteiger partial charge in [0, 0.05) is 18.6 Å². The van der Waals surface area contributed by atoms with Gasteiger partial charge >= 0.3 is 0 Å². The highest BCUT2D eigenvalue weighted by atomic mass is 15.2. The van der Waals surface area contributed by atoms with Crippen LogP contribution in [0, 0.1) is 0 Å². The van der Waals surface area contributed by atoms with Gasteiger partial charge in [-0.3, -0.25) is 0 Å². The molecule has 2 nitrogen and oxygen atoms in total. The van der Waals surface area contributed by atoms with Crippen LogP contribution in [0.2, 0.25) is 0 Å². The van der Waals surface area contributed by atoms with E-state index in [2.05, 4.69) is 51.6 Å². The van der Waals surface area contributed by atoms with Crippen molar-refractivity contribution in [1.29, 1.82) is 0 Å². The number of rotatable bonds is 5. The molecule has 0 amide bonds. The first-order chi connectivity index (χ1) is 5.88. The van der Waals surface area contributed by atoms with E-state index >= 15 is 0 Å². The first kappa shape index (κ1) is 12.9. The third kappa shape index (κ3) is 6.05. The summed E-state index contributed by atoms with van der Waals surface area (Å²) in [6.07, 6.45) is 1.25. The quantitative estimate of drug-likeness (QED) is 0.648. The first-order valence-corrected chi connectivity index (χ1v) is 5.27. The van der Waals surface area contributed by atoms with Gasteiger partial charge in [0.05, 0.1) is 0 Å². The maximum atomic E-state index is 2.40. The minimum Gasteiger partial charge on any atom is -0.305 e. The van der Waals surface area contributed by atoms with Crippen LogP contribution in [0.15, 0.2) is 0 Å². The van der Waals surface area contributed by atoms with Crippen LogP contribution >= 0.6 is 0 Å². The van der Waals surface area contributed by atoms with E-state index < -0.39 is 0 Å². The molecule has 0 saturated carbocycles. The molecule has 0 N–H and O–H groups in total. The Labute approximate surface area is 83.9 Å². The lowest BCUT2D eigenvalue weighted by atomic mass is 10.1. The molecule has 13 heavy (non-hydrogen) atoms. The van der Waals surface area contributed by atoms with Gasteiger partial charge < -0.3 is 9.80 Å². The lowest BCUT2D eigenvalue weighted by Gasteiger charge is -2.33. The van der Waals surface area contributed by atoms with E-state index in [0.29, 0.717) is 5.54 Å². The van der Waals surface area contributed by atoms with E-state index in [9.17, 15) is 0 Å². The van der Waals surface area contributed by atoms with Crippen molar-refractivity contribution < 1.29 is 0 Å². The fourth-order valence-corrected chi connectivity index (χ4v) is 1.15. The van der Waals surface area contributed by atoms with Crippen LogP contribution in [0.1, 0.15) is 34.1 Å². The molecule has 80 valence electrons. The van der Waals surface area contributed by atoms with E-state index in [1.807, 2.05) is 0 Å². The van der Waals surface area contributed by atoms with E-state index in [4.69, 9.17) is 0 Å². The molecule has 0 unspecified atom stereocenters. The third-order valence-electron chi connectivity index (χ3n) is 2.57. The molecule has 0 saturated heterocycles. The van der Waals surface area contributed by atoms with Gasteiger partial charge in [0.1, 0.15) is 0 Å². The van der Waals surface area contributed by atoms with Gasteiger partial charge in [-0.05, 0) is 47.8 Å². The zero-order valence-electron chi connectivity index (χ0n) is 10.2. The molecule has 0 atom stereocenters. The average Bonchev–Trinajstić information content (AvgIpc) is 1.99. The van der Waals surface area contributed by atoms with Crippen molar-refractivity contribution in [2.24, 2.45) is 0 Å². The van der Waals surface area contributed by atoms with Crippen molar-refractivity contribution in [3.8, 4) is 0 Å². The van der Waals surface area contributed by atoms with Crippen molar-refractivity contribution >= 4 is 0 Å². The van der Waals surface area contributed by atoms with E-state index in [0.717, 1.165) is 6.54 Å². The molecule has 2 heteroatoms. The van der Waals surface area contributed by atoms with Crippen molar-refractivity contribution in [2.75, 3.05) is 33.7 Å². The molecule has 0 aliphatic heterocycles. The van der Waals surface area contributed by atoms with Crippen molar-refractivity contribution in [3.63, 3.8) is 0 Å². The second-order valence-electron chi connectivity index (χ2n) is 4.90. The molecule has 0 aromatic heterocycles. The number of nitrogens with zero attached hydrogens (tertiary/aromatic N) is 2. The van der Waals surface area contributed by atoms with E-state index in [1.165, 1.54) is 19.5 Å². The van der Waals surface area contributed by atoms with Crippen LogP contribution in [-0.2, 0) is 0 Å². The highest BCUT2D eigenvalue weighted by molar-refractivity contribution is 4.73. The Balaban J connectivity index is 3.63. The Morgan fingerprint density at radius 2 is 1.46 bits per heavy atom. The van der Waals surface area contributed by atoms with E-state index in [-0.39, 0.29) is 0 Å². The standard InChI is InChI=1S/C11H26N2/c1-7-8-12(5)9-10-13(6)11(2,3)4/h7-10H2,1-6H3. The third-order valence-corrected chi connectivity index (χ3v) is 2.57. The zero-order valence-corrected chi connectivity index (χ0v) is 10.2. The topological polar surface area (TPSA) is 6.48 Å². The van der Waals surface area contributed by atoms with E-state index in [1.54, 1.807) is 0 Å². The van der Waals surface area contributed by atoms with Crippen LogP contribution in [0.4, 0.5) is 0 Å². The monoisotopic (exact) mass is 186 g/mol. The summed E-state index contributed by atoms with van der Waals surface area (Å²) in [5.74, 6) is 0. The van der Waals surface area contributed by atoms with Gasteiger partial charge in [-0.25, -0.2) is 0 Å². The summed E-state index contributed by atoms with van der Waals surface area (Å²) >= 11 is 0. The largest absolute Gasteiger partial charge is 0.305 e. The van der Waals surface area contributed by atoms with Gasteiger partial charge in [-0.15, -0.1) is 0 Å². The summed E-state index contributed by atoms with van der Waals surface area (Å²) in [6, 6.07) is 0. The van der Waals surface area contributed by atoms with Crippen molar-refractivity contribution in [3.05, 3.63) is 0 Å². The van der Waals surface area contributed by atoms with Gasteiger partial charge in [0.25, 0.3) is 0 Å². The Hall–Kier alpha value is -0.0800. The maximum Gasteiger partial charge on any atom is 0.0122 e. The minimum absolute atomic E-state index is 0.299. The van der Waals surface area contributed by atoms with Gasteiger partial charge in [-0.2, -0.15) is 0 Å². The second-order valence-corrected chi connectivity index (χ2v) is 4.90. The highest BCUT2D eigenvalue weighted by Gasteiger charge is 2.16. The Morgan fingerprint density at radius 1 is 0.923 bits per heavy atom. The smallest absolute Gasteiger partial charge is 0.0122 e. The molecule has 0 aliphatic rings. The molecule has 0 radical (unpaired) electrons. The number of hydrogen-bond donors (Lipinski definition) is 0. The maximum absolute atomic E-state index is 2.40. The predicted molar refractivity (Wildman–Crippen MR) is 60.2 cm³/mol. The molecule has 0 aromatic carbocycles. The molecule has 0 rings (SSSR count). The molecular weight excluding hydrogens is 160 g/mol. The molecule has 0 bridgehead atoms. The van der Waals surface area contributed by atoms with Crippen molar-refractivity contribution in [2.45, 2.75) is 39.7 Å². The molecular formula is C11H26N2. The van der Waals surface area contributed by atoms with Crippen LogP contribution in [0.5, 0.6) is 0 Å². The van der Waals surface area contributed by atoms with Gasteiger partial charge in [-0.1, -0.05) is 6.92 Å². The number of likely N-dealkylation sites (N-methyl/N-ethyl adjacent to an activating group) is 2. The fraction of sp³-hybridized carbons (Fsp3) is 1.00. The molecule has 0 fully saturated rings. The SMILES string of the molecule is CCCN(C)CCN(C)C(C)(C)C. The highest BCUT2D eigenvalue weighted by Crippen LogP contribution is 2.09. The molecule has 0 heterocycles. The normalized spacial score (nSPS) is 12.9. The summed E-state index contributed by atoms with van der Waals surface area (Å²) in [5, 5.41) is 0. The zero-order chi connectivity index (χ0) is 10.5. The van der Waals surface area contributed by atoms with Crippen LogP contribution in [0.25, 0.3) is 0 Å². The Morgan fingerprint density at radius 3 is 1.85 bits per heavy atom. The van der Waals surface area contributed by atoms with Crippen LogP contribution in [0.3, 0.4) is 0 Å². The van der Waals surface area contributed by atoms with Crippen molar-refractivity contribution in [1.82, 2.24) is 9.80 Å². The number of hydrogen-bond acceptors (Lipinski definition) is 2. The van der Waals surface area contributed by atoms with Gasteiger partial charge in [0.15, 0.2) is 0 Å². The molecule has 0 spiro atoms. The minimum atomic E-state index is 0.299. The summed E-state index contributed by atoms with van der Waals surface area (Å²) in [5.41, 5.74) is 0.299. The summed E-state index contributed by atoms with van der Waals surface area (Å²) in [6.45, 7) is 12.5. The molecule has 0 aromatic rings. The fourth-order valence-electron chi connectivity index (χ4n) is 1.15.